The molecule has 0 amide bonds. The molecule has 1 aliphatic carbocycles. The summed E-state index contributed by atoms with van der Waals surface area (Å²) < 4.78 is 5.00. The van der Waals surface area contributed by atoms with Gasteiger partial charge in [-0.2, -0.15) is 0 Å². The van der Waals surface area contributed by atoms with Gasteiger partial charge in [0.25, 0.3) is 0 Å². The van der Waals surface area contributed by atoms with Crippen LogP contribution in [0.15, 0.2) is 127 Å². The first kappa shape index (κ1) is 28.6. The van der Waals surface area contributed by atoms with Crippen molar-refractivity contribution in [2.75, 3.05) is 0 Å². The molecule has 0 radical (unpaired) electrons. The van der Waals surface area contributed by atoms with E-state index in [0.29, 0.717) is 0 Å². The Labute approximate surface area is 272 Å². The third kappa shape index (κ3) is 4.62. The van der Waals surface area contributed by atoms with Crippen molar-refractivity contribution in [3.05, 3.63) is 144 Å². The predicted molar refractivity (Wildman–Crippen MR) is 198 cm³/mol. The highest BCUT2D eigenvalue weighted by atomic mass is 15.0. The van der Waals surface area contributed by atoms with Crippen LogP contribution in [0.2, 0.25) is 0 Å². The van der Waals surface area contributed by atoms with Crippen LogP contribution in [-0.4, -0.2) is 9.13 Å². The van der Waals surface area contributed by atoms with E-state index < -0.39 is 0 Å². The standard InChI is InChI=1S/C44H42N2/c1-43(2,3)31-21-23-41-37(27-31)35-17-7-9-19-39(35)45(41)33-15-11-13-29(25-33)30-14-12-16-34(26-30)46-40-20-10-8-18-36(40)38-28-32(44(4,5)6)22-24-42(38)46/h7-15,17-28,34H,16H2,1-6H3. The Morgan fingerprint density at radius 3 is 1.80 bits per heavy atom. The summed E-state index contributed by atoms with van der Waals surface area (Å²) in [7, 11) is 0. The highest BCUT2D eigenvalue weighted by Crippen LogP contribution is 2.40. The molecule has 2 nitrogen and oxygen atoms in total. The van der Waals surface area contributed by atoms with Crippen molar-refractivity contribution in [3.63, 3.8) is 0 Å². The molecule has 2 aromatic heterocycles. The highest BCUT2D eigenvalue weighted by Gasteiger charge is 2.22. The van der Waals surface area contributed by atoms with Crippen molar-refractivity contribution >= 4 is 49.2 Å². The van der Waals surface area contributed by atoms with Gasteiger partial charge in [-0.1, -0.05) is 120 Å². The Balaban J connectivity index is 1.25. The average Bonchev–Trinajstić information content (AvgIpc) is 3.56. The second-order valence-electron chi connectivity index (χ2n) is 15.1. The minimum Gasteiger partial charge on any atom is -0.333 e. The Morgan fingerprint density at radius 1 is 0.543 bits per heavy atom. The number of aromatic nitrogens is 2. The van der Waals surface area contributed by atoms with Crippen LogP contribution in [0.1, 0.15) is 70.7 Å². The molecule has 5 aromatic carbocycles. The van der Waals surface area contributed by atoms with E-state index in [-0.39, 0.29) is 16.9 Å². The molecule has 0 spiro atoms. The largest absolute Gasteiger partial charge is 0.333 e. The molecular formula is C44H42N2. The summed E-state index contributed by atoms with van der Waals surface area (Å²) in [6.07, 6.45) is 8.11. The van der Waals surface area contributed by atoms with Crippen molar-refractivity contribution in [3.8, 4) is 5.69 Å². The van der Waals surface area contributed by atoms with Crippen LogP contribution < -0.4 is 0 Å². The van der Waals surface area contributed by atoms with E-state index in [9.17, 15) is 0 Å². The number of fused-ring (bicyclic) bond motifs is 6. The first-order valence-electron chi connectivity index (χ1n) is 16.6. The summed E-state index contributed by atoms with van der Waals surface area (Å²) >= 11 is 0. The number of nitrogens with zero attached hydrogens (tertiary/aromatic N) is 2. The lowest BCUT2D eigenvalue weighted by molar-refractivity contribution is 0.590. The normalized spacial score (nSPS) is 15.8. The van der Waals surface area contributed by atoms with Crippen molar-refractivity contribution in [1.82, 2.24) is 9.13 Å². The molecular weight excluding hydrogens is 556 g/mol. The topological polar surface area (TPSA) is 9.86 Å². The van der Waals surface area contributed by atoms with Gasteiger partial charge >= 0.3 is 0 Å². The van der Waals surface area contributed by atoms with Crippen LogP contribution in [-0.2, 0) is 10.8 Å². The van der Waals surface area contributed by atoms with Gasteiger partial charge in [0.15, 0.2) is 0 Å². The third-order valence-corrected chi connectivity index (χ3v) is 9.93. The molecule has 0 N–H and O–H groups in total. The molecule has 8 rings (SSSR count). The van der Waals surface area contributed by atoms with Crippen LogP contribution in [0, 0.1) is 0 Å². The number of rotatable bonds is 3. The maximum atomic E-state index is 2.56. The quantitative estimate of drug-likeness (QED) is 0.191. The second kappa shape index (κ2) is 10.4. The Kier molecular flexibility index (Phi) is 6.45. The molecule has 0 bridgehead atoms. The van der Waals surface area contributed by atoms with Gasteiger partial charge in [-0.15, -0.1) is 0 Å². The molecule has 1 aliphatic rings. The Bertz CT molecular complexity index is 2360. The van der Waals surface area contributed by atoms with Gasteiger partial charge in [0, 0.05) is 38.3 Å². The monoisotopic (exact) mass is 598 g/mol. The van der Waals surface area contributed by atoms with E-state index >= 15 is 0 Å². The van der Waals surface area contributed by atoms with Crippen LogP contribution in [0.4, 0.5) is 0 Å². The van der Waals surface area contributed by atoms with E-state index in [1.807, 2.05) is 0 Å². The van der Waals surface area contributed by atoms with Gasteiger partial charge in [0.1, 0.15) is 0 Å². The first-order valence-corrected chi connectivity index (χ1v) is 16.6. The van der Waals surface area contributed by atoms with E-state index in [0.717, 1.165) is 6.42 Å². The summed E-state index contributed by atoms with van der Waals surface area (Å²) in [5, 5.41) is 5.28. The summed E-state index contributed by atoms with van der Waals surface area (Å²) in [6, 6.07) is 41.1. The molecule has 228 valence electrons. The number of benzene rings is 5. The zero-order valence-corrected chi connectivity index (χ0v) is 27.8. The molecule has 1 unspecified atom stereocenters. The lowest BCUT2D eigenvalue weighted by atomic mass is 9.86. The number of para-hydroxylation sites is 2. The lowest BCUT2D eigenvalue weighted by Crippen LogP contribution is -2.11. The molecule has 7 aromatic rings. The SMILES string of the molecule is CC(C)(C)c1ccc2c(c1)c1ccccc1n2-c1cccc(C2=CC(n3c4ccccc4c4cc(C(C)(C)C)ccc43)CC=C2)c1. The molecule has 2 heterocycles. The van der Waals surface area contributed by atoms with E-state index in [4.69, 9.17) is 0 Å². The molecule has 0 saturated heterocycles. The zero-order valence-electron chi connectivity index (χ0n) is 27.8. The summed E-state index contributed by atoms with van der Waals surface area (Å²) in [4.78, 5) is 0. The molecule has 0 aliphatic heterocycles. The number of hydrogen-bond donors (Lipinski definition) is 0. The molecule has 0 fully saturated rings. The van der Waals surface area contributed by atoms with Gasteiger partial charge in [0.05, 0.1) is 17.1 Å². The van der Waals surface area contributed by atoms with Crippen LogP contribution in [0.3, 0.4) is 0 Å². The molecule has 46 heavy (non-hydrogen) atoms. The number of hydrogen-bond acceptors (Lipinski definition) is 0. The number of allylic oxidation sites excluding steroid dienone is 4. The third-order valence-electron chi connectivity index (χ3n) is 9.93. The first-order chi connectivity index (χ1) is 22.1. The summed E-state index contributed by atoms with van der Waals surface area (Å²) in [5.74, 6) is 0. The highest BCUT2D eigenvalue weighted by molar-refractivity contribution is 6.10. The smallest absolute Gasteiger partial charge is 0.0566 e. The maximum absolute atomic E-state index is 2.56. The molecule has 0 saturated carbocycles. The Morgan fingerprint density at radius 2 is 1.11 bits per heavy atom. The minimum absolute atomic E-state index is 0.0961. The fraction of sp³-hybridized carbons (Fsp3) is 0.227. The molecule has 2 heteroatoms. The van der Waals surface area contributed by atoms with Gasteiger partial charge < -0.3 is 9.13 Å². The van der Waals surface area contributed by atoms with Gasteiger partial charge in [-0.3, -0.25) is 0 Å². The van der Waals surface area contributed by atoms with Crippen LogP contribution >= 0.6 is 0 Å². The fourth-order valence-electron chi connectivity index (χ4n) is 7.41. The molecule has 1 atom stereocenters. The van der Waals surface area contributed by atoms with Gasteiger partial charge in [0.2, 0.25) is 0 Å². The van der Waals surface area contributed by atoms with Crippen molar-refractivity contribution in [1.29, 1.82) is 0 Å². The van der Waals surface area contributed by atoms with E-state index in [1.165, 1.54) is 71.6 Å². The zero-order chi connectivity index (χ0) is 31.8. The van der Waals surface area contributed by atoms with Crippen molar-refractivity contribution < 1.29 is 0 Å². The van der Waals surface area contributed by atoms with E-state index in [1.54, 1.807) is 0 Å². The van der Waals surface area contributed by atoms with Gasteiger partial charge in [-0.25, -0.2) is 0 Å². The predicted octanol–water partition coefficient (Wildman–Crippen LogP) is 12.1. The van der Waals surface area contributed by atoms with E-state index in [2.05, 4.69) is 178 Å². The lowest BCUT2D eigenvalue weighted by Gasteiger charge is -2.22. The van der Waals surface area contributed by atoms with Crippen molar-refractivity contribution in [2.45, 2.75) is 64.8 Å². The summed E-state index contributed by atoms with van der Waals surface area (Å²) in [5.41, 5.74) is 11.7. The maximum Gasteiger partial charge on any atom is 0.0566 e. The van der Waals surface area contributed by atoms with Crippen LogP contribution in [0.25, 0.3) is 54.9 Å². The van der Waals surface area contributed by atoms with Gasteiger partial charge in [-0.05, 0) is 88.0 Å². The summed E-state index contributed by atoms with van der Waals surface area (Å²) in [6.45, 7) is 13.8. The van der Waals surface area contributed by atoms with Crippen LogP contribution in [0.5, 0.6) is 0 Å². The fourth-order valence-corrected chi connectivity index (χ4v) is 7.41. The van der Waals surface area contributed by atoms with Crippen molar-refractivity contribution in [2.24, 2.45) is 0 Å². The minimum atomic E-state index is 0.0961. The Hall–Kier alpha value is -4.82. The second-order valence-corrected chi connectivity index (χ2v) is 15.1. The average molecular weight is 599 g/mol.